The fraction of sp³-hybridized carbons (Fsp3) is 0.0769. The standard InChI is InChI=1S/C13H10BrN3/c1-9-7-11-12(14)13(16-17(11)8-15-9)10-5-3-2-4-6-10/h2-8H,1H3. The van der Waals surface area contributed by atoms with Crippen molar-refractivity contribution < 1.29 is 0 Å². The van der Waals surface area contributed by atoms with Gasteiger partial charge in [-0.3, -0.25) is 0 Å². The molecule has 0 saturated heterocycles. The summed E-state index contributed by atoms with van der Waals surface area (Å²) in [6.45, 7) is 1.97. The van der Waals surface area contributed by atoms with Crippen LogP contribution in [-0.2, 0) is 0 Å². The van der Waals surface area contributed by atoms with Gasteiger partial charge >= 0.3 is 0 Å². The van der Waals surface area contributed by atoms with Gasteiger partial charge in [0.25, 0.3) is 0 Å². The fourth-order valence-corrected chi connectivity index (χ4v) is 2.41. The van der Waals surface area contributed by atoms with Gasteiger partial charge in [0.2, 0.25) is 0 Å². The molecule has 3 nitrogen and oxygen atoms in total. The minimum atomic E-state index is 0.943. The zero-order chi connectivity index (χ0) is 11.8. The van der Waals surface area contributed by atoms with E-state index in [0.29, 0.717) is 0 Å². The lowest BCUT2D eigenvalue weighted by Gasteiger charge is -1.95. The molecule has 1 aromatic carbocycles. The molecule has 0 spiro atoms. The van der Waals surface area contributed by atoms with Crippen LogP contribution in [0, 0.1) is 6.92 Å². The van der Waals surface area contributed by atoms with Crippen LogP contribution in [0.25, 0.3) is 16.8 Å². The van der Waals surface area contributed by atoms with E-state index in [2.05, 4.69) is 26.0 Å². The summed E-state index contributed by atoms with van der Waals surface area (Å²) in [7, 11) is 0. The van der Waals surface area contributed by atoms with E-state index in [0.717, 1.165) is 26.9 Å². The highest BCUT2D eigenvalue weighted by molar-refractivity contribution is 9.10. The van der Waals surface area contributed by atoms with Gasteiger partial charge in [0, 0.05) is 11.3 Å². The molecule has 0 N–H and O–H groups in total. The van der Waals surface area contributed by atoms with E-state index in [1.54, 1.807) is 10.8 Å². The summed E-state index contributed by atoms with van der Waals surface area (Å²) in [6.07, 6.45) is 1.74. The number of benzene rings is 1. The number of hydrogen-bond acceptors (Lipinski definition) is 2. The van der Waals surface area contributed by atoms with E-state index >= 15 is 0 Å². The van der Waals surface area contributed by atoms with Gasteiger partial charge in [-0.15, -0.1) is 0 Å². The molecular formula is C13H10BrN3. The largest absolute Gasteiger partial charge is 0.242 e. The second-order valence-corrected chi connectivity index (χ2v) is 4.68. The minimum absolute atomic E-state index is 0.943. The maximum atomic E-state index is 4.53. The topological polar surface area (TPSA) is 30.2 Å². The number of halogens is 1. The summed E-state index contributed by atoms with van der Waals surface area (Å²) >= 11 is 3.61. The average molecular weight is 288 g/mol. The normalized spacial score (nSPS) is 10.9. The smallest absolute Gasteiger partial charge is 0.117 e. The van der Waals surface area contributed by atoms with E-state index in [4.69, 9.17) is 0 Å². The molecule has 0 radical (unpaired) electrons. The number of aryl methyl sites for hydroxylation is 1. The van der Waals surface area contributed by atoms with Gasteiger partial charge in [-0.2, -0.15) is 5.10 Å². The molecule has 2 heterocycles. The van der Waals surface area contributed by atoms with E-state index < -0.39 is 0 Å². The Labute approximate surface area is 107 Å². The van der Waals surface area contributed by atoms with Crippen LogP contribution in [0.4, 0.5) is 0 Å². The Bertz CT molecular complexity index is 674. The number of hydrogen-bond donors (Lipinski definition) is 0. The number of nitrogens with zero attached hydrogens (tertiary/aromatic N) is 3. The zero-order valence-corrected chi connectivity index (χ0v) is 10.8. The SMILES string of the molecule is Cc1cc2c(Br)c(-c3ccccc3)nn2cn1. The first-order chi connectivity index (χ1) is 8.25. The van der Waals surface area contributed by atoms with Crippen LogP contribution in [-0.4, -0.2) is 14.6 Å². The zero-order valence-electron chi connectivity index (χ0n) is 9.26. The molecule has 0 unspecified atom stereocenters. The molecule has 3 rings (SSSR count). The maximum absolute atomic E-state index is 4.53. The molecule has 0 fully saturated rings. The summed E-state index contributed by atoms with van der Waals surface area (Å²) in [4.78, 5) is 4.24. The second-order valence-electron chi connectivity index (χ2n) is 3.89. The molecule has 0 aliphatic carbocycles. The van der Waals surface area contributed by atoms with Crippen molar-refractivity contribution in [1.82, 2.24) is 14.6 Å². The highest BCUT2D eigenvalue weighted by Crippen LogP contribution is 2.30. The van der Waals surface area contributed by atoms with Crippen molar-refractivity contribution in [2.75, 3.05) is 0 Å². The van der Waals surface area contributed by atoms with Crippen LogP contribution in [0.2, 0.25) is 0 Å². The summed E-state index contributed by atoms with van der Waals surface area (Å²) in [6, 6.07) is 12.1. The first kappa shape index (κ1) is 10.5. The fourth-order valence-electron chi connectivity index (χ4n) is 1.81. The van der Waals surface area contributed by atoms with Crippen LogP contribution in [0.15, 0.2) is 47.2 Å². The van der Waals surface area contributed by atoms with Crippen molar-refractivity contribution in [2.24, 2.45) is 0 Å². The Balaban J connectivity index is 2.28. The molecule has 84 valence electrons. The summed E-state index contributed by atoms with van der Waals surface area (Å²) in [5.74, 6) is 0. The van der Waals surface area contributed by atoms with Crippen molar-refractivity contribution in [3.8, 4) is 11.3 Å². The third kappa shape index (κ3) is 1.74. The third-order valence-corrected chi connectivity index (χ3v) is 3.43. The Kier molecular flexibility index (Phi) is 2.44. The Morgan fingerprint density at radius 2 is 1.94 bits per heavy atom. The number of fused-ring (bicyclic) bond motifs is 1. The van der Waals surface area contributed by atoms with Crippen LogP contribution in [0.1, 0.15) is 5.69 Å². The molecule has 0 saturated carbocycles. The summed E-state index contributed by atoms with van der Waals surface area (Å²) < 4.78 is 2.80. The molecule has 0 bridgehead atoms. The van der Waals surface area contributed by atoms with Gasteiger partial charge < -0.3 is 0 Å². The van der Waals surface area contributed by atoms with Crippen molar-refractivity contribution >= 4 is 21.4 Å². The quantitative estimate of drug-likeness (QED) is 0.686. The monoisotopic (exact) mass is 287 g/mol. The van der Waals surface area contributed by atoms with Crippen molar-refractivity contribution in [1.29, 1.82) is 0 Å². The van der Waals surface area contributed by atoms with Gasteiger partial charge in [-0.05, 0) is 28.9 Å². The number of rotatable bonds is 1. The van der Waals surface area contributed by atoms with Crippen molar-refractivity contribution in [3.05, 3.63) is 52.9 Å². The van der Waals surface area contributed by atoms with E-state index in [1.807, 2.05) is 43.3 Å². The van der Waals surface area contributed by atoms with Gasteiger partial charge in [-0.25, -0.2) is 9.50 Å². The lowest BCUT2D eigenvalue weighted by atomic mass is 10.1. The average Bonchev–Trinajstić information content (AvgIpc) is 2.68. The highest BCUT2D eigenvalue weighted by atomic mass is 79.9. The lowest BCUT2D eigenvalue weighted by Crippen LogP contribution is -1.90. The maximum Gasteiger partial charge on any atom is 0.117 e. The first-order valence-electron chi connectivity index (χ1n) is 5.31. The number of aromatic nitrogens is 3. The first-order valence-corrected chi connectivity index (χ1v) is 6.11. The second kappa shape index (κ2) is 3.96. The molecule has 0 atom stereocenters. The Morgan fingerprint density at radius 3 is 2.71 bits per heavy atom. The van der Waals surface area contributed by atoms with Crippen molar-refractivity contribution in [3.63, 3.8) is 0 Å². The predicted octanol–water partition coefficient (Wildman–Crippen LogP) is 3.47. The van der Waals surface area contributed by atoms with E-state index in [1.165, 1.54) is 0 Å². The third-order valence-electron chi connectivity index (χ3n) is 2.65. The molecule has 3 aromatic rings. The predicted molar refractivity (Wildman–Crippen MR) is 70.9 cm³/mol. The Morgan fingerprint density at radius 1 is 1.18 bits per heavy atom. The van der Waals surface area contributed by atoms with Gasteiger partial charge in [0.15, 0.2) is 0 Å². The van der Waals surface area contributed by atoms with E-state index in [-0.39, 0.29) is 0 Å². The molecule has 4 heteroatoms. The Hall–Kier alpha value is -1.68. The molecule has 0 amide bonds. The molecule has 0 aliphatic heterocycles. The molecule has 17 heavy (non-hydrogen) atoms. The van der Waals surface area contributed by atoms with Crippen LogP contribution < -0.4 is 0 Å². The minimum Gasteiger partial charge on any atom is -0.242 e. The summed E-state index contributed by atoms with van der Waals surface area (Å²) in [5.41, 5.74) is 4.06. The molecular weight excluding hydrogens is 278 g/mol. The van der Waals surface area contributed by atoms with Crippen LogP contribution in [0.5, 0.6) is 0 Å². The van der Waals surface area contributed by atoms with Gasteiger partial charge in [0.1, 0.15) is 12.0 Å². The lowest BCUT2D eigenvalue weighted by molar-refractivity contribution is 0.913. The van der Waals surface area contributed by atoms with Crippen LogP contribution in [0.3, 0.4) is 0 Å². The van der Waals surface area contributed by atoms with Crippen LogP contribution >= 0.6 is 15.9 Å². The van der Waals surface area contributed by atoms with Gasteiger partial charge in [0.05, 0.1) is 9.99 Å². The van der Waals surface area contributed by atoms with E-state index in [9.17, 15) is 0 Å². The summed E-state index contributed by atoms with van der Waals surface area (Å²) in [5, 5.41) is 4.53. The van der Waals surface area contributed by atoms with Crippen molar-refractivity contribution in [2.45, 2.75) is 6.92 Å². The molecule has 2 aromatic heterocycles. The van der Waals surface area contributed by atoms with Gasteiger partial charge in [-0.1, -0.05) is 30.3 Å². The molecule has 0 aliphatic rings. The highest BCUT2D eigenvalue weighted by Gasteiger charge is 2.11.